The number of fused-ring (bicyclic) bond motifs is 1. The average molecular weight is 527 g/mol. The summed E-state index contributed by atoms with van der Waals surface area (Å²) in [6, 6.07) is 7.34. The lowest BCUT2D eigenvalue weighted by molar-refractivity contribution is -0.180. The number of aromatic nitrogens is 2. The molecule has 0 spiro atoms. The van der Waals surface area contributed by atoms with E-state index < -0.39 is 27.6 Å². The van der Waals surface area contributed by atoms with E-state index in [2.05, 4.69) is 4.98 Å². The number of nitrogens with zero attached hydrogens (tertiary/aromatic N) is 2. The Balaban J connectivity index is 1.84. The summed E-state index contributed by atoms with van der Waals surface area (Å²) in [6.07, 6.45) is 1.65. The molecule has 3 N–H and O–H groups in total. The van der Waals surface area contributed by atoms with Crippen molar-refractivity contribution in [1.29, 1.82) is 0 Å². The van der Waals surface area contributed by atoms with Gasteiger partial charge in [0.15, 0.2) is 0 Å². The molecule has 1 saturated carbocycles. The van der Waals surface area contributed by atoms with Gasteiger partial charge in [-0.2, -0.15) is 17.9 Å². The number of nitrogens with one attached hydrogen (secondary N) is 1. The van der Waals surface area contributed by atoms with Crippen LogP contribution in [0.2, 0.25) is 0 Å². The minimum absolute atomic E-state index is 0.103. The van der Waals surface area contributed by atoms with Gasteiger partial charge in [0.1, 0.15) is 11.2 Å². The third kappa shape index (κ3) is 4.54. The second-order valence-electron chi connectivity index (χ2n) is 9.04. The quantitative estimate of drug-likeness (QED) is 0.427. The maximum Gasteiger partial charge on any atom is 0.407 e. The normalized spacial score (nSPS) is 15.4. The van der Waals surface area contributed by atoms with E-state index in [9.17, 15) is 26.4 Å². The lowest BCUT2D eigenvalue weighted by Crippen LogP contribution is -2.54. The molecule has 1 aliphatic rings. The first-order valence-electron chi connectivity index (χ1n) is 10.9. The SMILES string of the molecule is CSc1cnc2c(c1)c(C(N)=O)c(-c1ccc(S(=O)(=O)NC(C)(C)C(F)(F)F)cc1)n2C1CCC1. The highest BCUT2D eigenvalue weighted by molar-refractivity contribution is 7.98. The van der Waals surface area contributed by atoms with Gasteiger partial charge in [0, 0.05) is 22.5 Å². The van der Waals surface area contributed by atoms with Crippen LogP contribution in [0.3, 0.4) is 0 Å². The number of benzene rings is 1. The molecule has 1 amide bonds. The summed E-state index contributed by atoms with van der Waals surface area (Å²) >= 11 is 1.48. The molecule has 1 fully saturated rings. The summed E-state index contributed by atoms with van der Waals surface area (Å²) in [5.74, 6) is -0.645. The molecule has 188 valence electrons. The summed E-state index contributed by atoms with van der Waals surface area (Å²) in [4.78, 5) is 17.7. The van der Waals surface area contributed by atoms with Gasteiger partial charge in [0.05, 0.1) is 16.2 Å². The molecule has 7 nitrogen and oxygen atoms in total. The highest BCUT2D eigenvalue weighted by Crippen LogP contribution is 2.43. The zero-order valence-corrected chi connectivity index (χ0v) is 20.9. The van der Waals surface area contributed by atoms with Gasteiger partial charge < -0.3 is 10.3 Å². The maximum absolute atomic E-state index is 13.2. The lowest BCUT2D eigenvalue weighted by atomic mass is 9.92. The Morgan fingerprint density at radius 3 is 2.31 bits per heavy atom. The summed E-state index contributed by atoms with van der Waals surface area (Å²) in [5, 5.41) is 0.608. The Labute approximate surface area is 205 Å². The number of alkyl halides is 3. The highest BCUT2D eigenvalue weighted by atomic mass is 32.2. The van der Waals surface area contributed by atoms with E-state index in [0.717, 1.165) is 38.0 Å². The number of rotatable bonds is 7. The first-order chi connectivity index (χ1) is 16.3. The summed E-state index contributed by atoms with van der Waals surface area (Å²) in [6.45, 7) is 1.51. The number of hydrogen-bond acceptors (Lipinski definition) is 5. The molecule has 0 bridgehead atoms. The zero-order valence-electron chi connectivity index (χ0n) is 19.3. The predicted octanol–water partition coefficient (Wildman–Crippen LogP) is 4.87. The fourth-order valence-electron chi connectivity index (χ4n) is 4.06. The molecule has 0 unspecified atom stereocenters. The monoisotopic (exact) mass is 526 g/mol. The summed E-state index contributed by atoms with van der Waals surface area (Å²) in [7, 11) is -4.46. The number of carbonyl (C=O) groups excluding carboxylic acids is 1. The van der Waals surface area contributed by atoms with E-state index in [1.54, 1.807) is 10.9 Å². The van der Waals surface area contributed by atoms with Crippen molar-refractivity contribution in [2.24, 2.45) is 5.73 Å². The first-order valence-corrected chi connectivity index (χ1v) is 13.6. The van der Waals surface area contributed by atoms with Gasteiger partial charge in [-0.3, -0.25) is 4.79 Å². The number of hydrogen-bond donors (Lipinski definition) is 2. The van der Waals surface area contributed by atoms with Crippen molar-refractivity contribution in [1.82, 2.24) is 14.3 Å². The van der Waals surface area contributed by atoms with Crippen molar-refractivity contribution in [2.75, 3.05) is 6.26 Å². The lowest BCUT2D eigenvalue weighted by Gasteiger charge is -2.30. The number of halogens is 3. The van der Waals surface area contributed by atoms with Crippen LogP contribution in [0, 0.1) is 0 Å². The molecule has 2 heterocycles. The molecule has 1 aromatic carbocycles. The molecule has 2 aromatic heterocycles. The Morgan fingerprint density at radius 1 is 1.20 bits per heavy atom. The standard InChI is InChI=1S/C23H25F3N4O3S2/c1-22(2,23(24,25)26)29-35(32,33)16-9-7-13(8-10-16)19-18(20(27)31)17-11-15(34-3)12-28-21(17)30(19)14-5-4-6-14/h7-12,14,29H,4-6H2,1-3H3,(H2,27,31). The Bertz CT molecular complexity index is 1390. The van der Waals surface area contributed by atoms with Crippen LogP contribution < -0.4 is 10.5 Å². The van der Waals surface area contributed by atoms with E-state index in [1.807, 2.05) is 16.9 Å². The van der Waals surface area contributed by atoms with Crippen LogP contribution in [0.1, 0.15) is 49.5 Å². The van der Waals surface area contributed by atoms with Crippen LogP contribution in [-0.2, 0) is 10.0 Å². The van der Waals surface area contributed by atoms with Crippen molar-refractivity contribution in [3.63, 3.8) is 0 Å². The van der Waals surface area contributed by atoms with Crippen LogP contribution >= 0.6 is 11.8 Å². The average Bonchev–Trinajstić information content (AvgIpc) is 3.05. The second-order valence-corrected chi connectivity index (χ2v) is 11.6. The van der Waals surface area contributed by atoms with Crippen LogP contribution in [0.5, 0.6) is 0 Å². The van der Waals surface area contributed by atoms with Gasteiger partial charge in [-0.05, 0) is 63.1 Å². The Morgan fingerprint density at radius 2 is 1.83 bits per heavy atom. The number of carbonyl (C=O) groups is 1. The van der Waals surface area contributed by atoms with Crippen LogP contribution in [-0.4, -0.2) is 41.8 Å². The Kier molecular flexibility index (Phi) is 6.43. The van der Waals surface area contributed by atoms with Crippen molar-refractivity contribution >= 4 is 38.7 Å². The van der Waals surface area contributed by atoms with Crippen LogP contribution in [0.25, 0.3) is 22.3 Å². The summed E-state index contributed by atoms with van der Waals surface area (Å²) in [5.41, 5.74) is 5.07. The van der Waals surface area contributed by atoms with Gasteiger partial charge in [0.25, 0.3) is 5.91 Å². The van der Waals surface area contributed by atoms with Gasteiger partial charge in [-0.15, -0.1) is 11.8 Å². The molecule has 0 saturated heterocycles. The molecule has 1 aliphatic carbocycles. The smallest absolute Gasteiger partial charge is 0.366 e. The largest absolute Gasteiger partial charge is 0.407 e. The van der Waals surface area contributed by atoms with Crippen molar-refractivity contribution in [2.45, 2.75) is 60.7 Å². The highest BCUT2D eigenvalue weighted by Gasteiger charge is 2.49. The van der Waals surface area contributed by atoms with Crippen LogP contribution in [0.4, 0.5) is 13.2 Å². The molecule has 0 atom stereocenters. The third-order valence-electron chi connectivity index (χ3n) is 6.28. The number of pyridine rings is 1. The molecule has 0 aliphatic heterocycles. The molecule has 12 heteroatoms. The predicted molar refractivity (Wildman–Crippen MR) is 129 cm³/mol. The minimum Gasteiger partial charge on any atom is -0.366 e. The molecule has 3 aromatic rings. The third-order valence-corrected chi connectivity index (χ3v) is 8.64. The summed E-state index contributed by atoms with van der Waals surface area (Å²) < 4.78 is 68.7. The topological polar surface area (TPSA) is 107 Å². The van der Waals surface area contributed by atoms with Crippen molar-refractivity contribution in [3.05, 3.63) is 42.1 Å². The number of sulfonamides is 1. The molecule has 4 rings (SSSR count). The fraction of sp³-hybridized carbons (Fsp3) is 0.391. The molecular formula is C23H25F3N4O3S2. The first kappa shape index (κ1) is 25.5. The second kappa shape index (κ2) is 8.82. The van der Waals surface area contributed by atoms with Gasteiger partial charge >= 0.3 is 6.18 Å². The Hall–Kier alpha value is -2.57. The van der Waals surface area contributed by atoms with Gasteiger partial charge in [-0.1, -0.05) is 12.1 Å². The van der Waals surface area contributed by atoms with E-state index in [-0.39, 0.29) is 16.5 Å². The molecule has 35 heavy (non-hydrogen) atoms. The minimum atomic E-state index is -4.78. The van der Waals surface area contributed by atoms with E-state index in [1.165, 1.54) is 36.0 Å². The number of thioether (sulfide) groups is 1. The van der Waals surface area contributed by atoms with E-state index >= 15 is 0 Å². The fourth-order valence-corrected chi connectivity index (χ4v) is 5.85. The number of primary amides is 1. The molecule has 0 radical (unpaired) electrons. The van der Waals surface area contributed by atoms with Gasteiger partial charge in [0.2, 0.25) is 10.0 Å². The zero-order chi connectivity index (χ0) is 25.8. The van der Waals surface area contributed by atoms with E-state index in [4.69, 9.17) is 5.73 Å². The van der Waals surface area contributed by atoms with Crippen molar-refractivity contribution in [3.8, 4) is 11.3 Å². The van der Waals surface area contributed by atoms with Crippen LogP contribution in [0.15, 0.2) is 46.3 Å². The van der Waals surface area contributed by atoms with Crippen molar-refractivity contribution < 1.29 is 26.4 Å². The number of nitrogens with two attached hydrogens (primary N) is 1. The number of amides is 1. The molecular weight excluding hydrogens is 501 g/mol. The van der Waals surface area contributed by atoms with E-state index in [0.29, 0.717) is 22.3 Å². The maximum atomic E-state index is 13.2. The van der Waals surface area contributed by atoms with Gasteiger partial charge in [-0.25, -0.2) is 13.4 Å².